The Balaban J connectivity index is 1.41. The van der Waals surface area contributed by atoms with Crippen LogP contribution in [0.3, 0.4) is 0 Å². The highest BCUT2D eigenvalue weighted by atomic mass is 16.7. The lowest BCUT2D eigenvalue weighted by Crippen LogP contribution is -2.50. The van der Waals surface area contributed by atoms with Crippen LogP contribution >= 0.6 is 0 Å². The Morgan fingerprint density at radius 3 is 2.20 bits per heavy atom. The van der Waals surface area contributed by atoms with Gasteiger partial charge in [0.15, 0.2) is 0 Å². The van der Waals surface area contributed by atoms with Gasteiger partial charge in [0.1, 0.15) is 11.6 Å². The normalized spacial score (nSPS) is 20.9. The molecule has 0 radical (unpaired) electrons. The zero-order chi connectivity index (χ0) is 26.0. The average Bonchev–Trinajstić information content (AvgIpc) is 2.98. The van der Waals surface area contributed by atoms with E-state index in [9.17, 15) is 9.59 Å². The lowest BCUT2D eigenvalue weighted by molar-refractivity contribution is -0.134. The average molecular weight is 489 g/mol. The SMILES string of the molecule is CC(NC(=O)OC(C)(C)C)C(=O)N1CCC(CNc2ncc(B3OC(C)(C)C(C)(C)O3)cn2)CC1. The van der Waals surface area contributed by atoms with E-state index in [2.05, 4.69) is 20.6 Å². The molecule has 1 unspecified atom stereocenters. The molecule has 2 aliphatic rings. The molecule has 0 bridgehead atoms. The van der Waals surface area contributed by atoms with Crippen LogP contribution in [-0.4, -0.2) is 76.5 Å². The molecule has 2 saturated heterocycles. The summed E-state index contributed by atoms with van der Waals surface area (Å²) in [6.45, 7) is 17.1. The number of rotatable bonds is 6. The smallest absolute Gasteiger partial charge is 0.444 e. The number of carbonyl (C=O) groups excluding carboxylic acids is 2. The van der Waals surface area contributed by atoms with Gasteiger partial charge in [-0.25, -0.2) is 14.8 Å². The Bertz CT molecular complexity index is 879. The number of anilines is 1. The minimum Gasteiger partial charge on any atom is -0.444 e. The number of hydrogen-bond acceptors (Lipinski definition) is 8. The van der Waals surface area contributed by atoms with E-state index in [1.54, 1.807) is 45.0 Å². The number of hydrogen-bond donors (Lipinski definition) is 2. The highest BCUT2D eigenvalue weighted by molar-refractivity contribution is 6.61. The first-order chi connectivity index (χ1) is 16.2. The molecule has 2 fully saturated rings. The van der Waals surface area contributed by atoms with Gasteiger partial charge < -0.3 is 29.6 Å². The maximum absolute atomic E-state index is 12.7. The Labute approximate surface area is 209 Å². The largest absolute Gasteiger partial charge is 0.498 e. The van der Waals surface area contributed by atoms with Gasteiger partial charge in [-0.15, -0.1) is 0 Å². The van der Waals surface area contributed by atoms with Crippen LogP contribution in [0.15, 0.2) is 12.4 Å². The van der Waals surface area contributed by atoms with Gasteiger partial charge in [-0.1, -0.05) is 0 Å². The van der Waals surface area contributed by atoms with Crippen LogP contribution in [0.5, 0.6) is 0 Å². The van der Waals surface area contributed by atoms with Crippen LogP contribution in [0.4, 0.5) is 10.7 Å². The Morgan fingerprint density at radius 1 is 1.14 bits per heavy atom. The molecule has 1 aromatic rings. The fourth-order valence-electron chi connectivity index (χ4n) is 3.94. The molecule has 2 amide bonds. The van der Waals surface area contributed by atoms with E-state index in [0.29, 0.717) is 25.0 Å². The van der Waals surface area contributed by atoms with E-state index in [0.717, 1.165) is 24.8 Å². The van der Waals surface area contributed by atoms with Gasteiger partial charge in [-0.2, -0.15) is 0 Å². The summed E-state index contributed by atoms with van der Waals surface area (Å²) in [5, 5.41) is 5.92. The van der Waals surface area contributed by atoms with Gasteiger partial charge in [-0.05, 0) is 74.1 Å². The van der Waals surface area contributed by atoms with Crippen LogP contribution in [0.1, 0.15) is 68.2 Å². The van der Waals surface area contributed by atoms with Crippen molar-refractivity contribution in [2.45, 2.75) is 91.1 Å². The molecule has 0 spiro atoms. The maximum Gasteiger partial charge on any atom is 0.498 e. The summed E-state index contributed by atoms with van der Waals surface area (Å²) >= 11 is 0. The van der Waals surface area contributed by atoms with Crippen molar-refractivity contribution in [3.8, 4) is 0 Å². The molecule has 35 heavy (non-hydrogen) atoms. The van der Waals surface area contributed by atoms with Gasteiger partial charge in [0.05, 0.1) is 11.2 Å². The number of nitrogens with zero attached hydrogens (tertiary/aromatic N) is 3. The van der Waals surface area contributed by atoms with E-state index in [1.807, 2.05) is 27.7 Å². The van der Waals surface area contributed by atoms with Crippen molar-refractivity contribution in [1.29, 1.82) is 0 Å². The Hall–Kier alpha value is -2.40. The summed E-state index contributed by atoms with van der Waals surface area (Å²) in [5.74, 6) is 0.863. The quantitative estimate of drug-likeness (QED) is 0.586. The topological polar surface area (TPSA) is 115 Å². The molecule has 2 N–H and O–H groups in total. The first-order valence-electron chi connectivity index (χ1n) is 12.4. The molecular formula is C24H40BN5O5. The number of alkyl carbamates (subject to hydrolysis) is 1. The number of piperidine rings is 1. The third kappa shape index (κ3) is 7.07. The zero-order valence-electron chi connectivity index (χ0n) is 22.3. The van der Waals surface area contributed by atoms with Crippen molar-refractivity contribution in [2.75, 3.05) is 25.0 Å². The van der Waals surface area contributed by atoms with E-state index < -0.39 is 36.1 Å². The lowest BCUT2D eigenvalue weighted by atomic mass is 9.81. The second-order valence-electron chi connectivity index (χ2n) is 11.4. The zero-order valence-corrected chi connectivity index (χ0v) is 22.3. The van der Waals surface area contributed by atoms with E-state index >= 15 is 0 Å². The third-order valence-electron chi connectivity index (χ3n) is 6.78. The highest BCUT2D eigenvalue weighted by Crippen LogP contribution is 2.36. The molecule has 10 nitrogen and oxygen atoms in total. The standard InChI is InChI=1S/C24H40BN5O5/c1-16(29-21(32)33-22(2,3)4)19(31)30-11-9-17(10-12-30)13-26-20-27-14-18(15-28-20)25-34-23(5,6)24(7,8)35-25/h14-17H,9-13H2,1-8H3,(H,29,32)(H,26,27,28). The number of carbonyl (C=O) groups is 2. The number of aromatic nitrogens is 2. The summed E-state index contributed by atoms with van der Waals surface area (Å²) in [7, 11) is -0.483. The van der Waals surface area contributed by atoms with Crippen LogP contribution in [0.25, 0.3) is 0 Å². The Morgan fingerprint density at radius 2 is 1.69 bits per heavy atom. The summed E-state index contributed by atoms with van der Waals surface area (Å²) in [4.78, 5) is 35.3. The lowest BCUT2D eigenvalue weighted by Gasteiger charge is -2.34. The number of nitrogens with one attached hydrogen (secondary N) is 2. The van der Waals surface area contributed by atoms with Gasteiger partial charge in [-0.3, -0.25) is 4.79 Å². The summed E-state index contributed by atoms with van der Waals surface area (Å²) in [6.07, 6.45) is 4.62. The van der Waals surface area contributed by atoms with Gasteiger partial charge >= 0.3 is 13.2 Å². The van der Waals surface area contributed by atoms with E-state index in [4.69, 9.17) is 14.0 Å². The molecular weight excluding hydrogens is 449 g/mol. The number of amides is 2. The van der Waals surface area contributed by atoms with Gasteiger partial charge in [0.25, 0.3) is 0 Å². The summed E-state index contributed by atoms with van der Waals surface area (Å²) in [6, 6.07) is -0.629. The van der Waals surface area contributed by atoms with Crippen LogP contribution in [0.2, 0.25) is 0 Å². The second-order valence-corrected chi connectivity index (χ2v) is 11.4. The van der Waals surface area contributed by atoms with Crippen molar-refractivity contribution in [1.82, 2.24) is 20.2 Å². The second kappa shape index (κ2) is 10.3. The van der Waals surface area contributed by atoms with Crippen molar-refractivity contribution in [3.05, 3.63) is 12.4 Å². The number of ether oxygens (including phenoxy) is 1. The van der Waals surface area contributed by atoms with Crippen molar-refractivity contribution in [3.63, 3.8) is 0 Å². The molecule has 194 valence electrons. The third-order valence-corrected chi connectivity index (χ3v) is 6.78. The van der Waals surface area contributed by atoms with Crippen LogP contribution < -0.4 is 16.1 Å². The van der Waals surface area contributed by atoms with Crippen molar-refractivity contribution >= 4 is 30.5 Å². The predicted molar refractivity (Wildman–Crippen MR) is 134 cm³/mol. The highest BCUT2D eigenvalue weighted by Gasteiger charge is 2.52. The van der Waals surface area contributed by atoms with Crippen molar-refractivity contribution < 1.29 is 23.6 Å². The molecule has 3 rings (SSSR count). The molecule has 1 atom stereocenters. The van der Waals surface area contributed by atoms with E-state index in [-0.39, 0.29) is 5.91 Å². The minimum atomic E-state index is -0.629. The first kappa shape index (κ1) is 27.2. The molecule has 0 aliphatic carbocycles. The summed E-state index contributed by atoms with van der Waals surface area (Å²) < 4.78 is 17.3. The van der Waals surface area contributed by atoms with Crippen LogP contribution in [-0.2, 0) is 18.8 Å². The molecule has 2 aliphatic heterocycles. The van der Waals surface area contributed by atoms with Crippen LogP contribution in [0, 0.1) is 5.92 Å². The monoisotopic (exact) mass is 489 g/mol. The molecule has 0 saturated carbocycles. The summed E-state index contributed by atoms with van der Waals surface area (Å²) in [5.41, 5.74) is -0.633. The van der Waals surface area contributed by atoms with Gasteiger partial charge in [0.2, 0.25) is 11.9 Å². The molecule has 11 heteroatoms. The fraction of sp³-hybridized carbons (Fsp3) is 0.750. The molecule has 1 aromatic heterocycles. The van der Waals surface area contributed by atoms with Crippen molar-refractivity contribution in [2.24, 2.45) is 5.92 Å². The number of likely N-dealkylation sites (tertiary alicyclic amines) is 1. The first-order valence-corrected chi connectivity index (χ1v) is 12.4. The maximum atomic E-state index is 12.7. The molecule has 3 heterocycles. The fourth-order valence-corrected chi connectivity index (χ4v) is 3.94. The van der Waals surface area contributed by atoms with E-state index in [1.165, 1.54) is 0 Å². The molecule has 0 aromatic carbocycles. The minimum absolute atomic E-state index is 0.0936. The Kier molecular flexibility index (Phi) is 8.01. The van der Waals surface area contributed by atoms with Gasteiger partial charge in [0, 0.05) is 37.5 Å². The predicted octanol–water partition coefficient (Wildman–Crippen LogP) is 2.34.